The van der Waals surface area contributed by atoms with Crippen molar-refractivity contribution in [2.45, 2.75) is 46.0 Å². The Balaban J connectivity index is 2.53. The van der Waals surface area contributed by atoms with E-state index < -0.39 is 18.6 Å². The van der Waals surface area contributed by atoms with Crippen LogP contribution in [0.5, 0.6) is 0 Å². The molecule has 0 bridgehead atoms. The number of rotatable bonds is 4. The topological polar surface area (TPSA) is 17.0 Å². The molecule has 1 N–H and O–H groups in total. The number of aromatic nitrogens is 1. The SMILES string of the molecule is Cc1cc(CNC(C)CC(F)(F)F)c(C)n1C. The highest BCUT2D eigenvalue weighted by Crippen LogP contribution is 2.21. The van der Waals surface area contributed by atoms with Crippen molar-refractivity contribution < 1.29 is 13.2 Å². The van der Waals surface area contributed by atoms with E-state index in [2.05, 4.69) is 5.32 Å². The molecule has 0 spiro atoms. The molecule has 17 heavy (non-hydrogen) atoms. The summed E-state index contributed by atoms with van der Waals surface area (Å²) in [5.41, 5.74) is 3.26. The van der Waals surface area contributed by atoms with E-state index in [4.69, 9.17) is 0 Å². The highest BCUT2D eigenvalue weighted by Gasteiger charge is 2.29. The van der Waals surface area contributed by atoms with Gasteiger partial charge in [-0.3, -0.25) is 0 Å². The van der Waals surface area contributed by atoms with Gasteiger partial charge in [0.2, 0.25) is 0 Å². The van der Waals surface area contributed by atoms with Crippen molar-refractivity contribution in [1.82, 2.24) is 9.88 Å². The molecule has 1 atom stereocenters. The van der Waals surface area contributed by atoms with Gasteiger partial charge < -0.3 is 9.88 Å². The second-order valence-electron chi connectivity index (χ2n) is 4.56. The highest BCUT2D eigenvalue weighted by atomic mass is 19.4. The van der Waals surface area contributed by atoms with Gasteiger partial charge in [0.1, 0.15) is 0 Å². The average Bonchev–Trinajstić information content (AvgIpc) is 2.40. The summed E-state index contributed by atoms with van der Waals surface area (Å²) in [7, 11) is 1.95. The maximum atomic E-state index is 12.1. The minimum absolute atomic E-state index is 0.477. The van der Waals surface area contributed by atoms with Gasteiger partial charge in [-0.25, -0.2) is 0 Å². The maximum Gasteiger partial charge on any atom is 0.390 e. The van der Waals surface area contributed by atoms with Crippen molar-refractivity contribution in [3.8, 4) is 0 Å². The Morgan fingerprint density at radius 2 is 1.94 bits per heavy atom. The maximum absolute atomic E-state index is 12.1. The molecule has 1 rings (SSSR count). The van der Waals surface area contributed by atoms with Gasteiger partial charge >= 0.3 is 6.18 Å². The van der Waals surface area contributed by atoms with Gasteiger partial charge in [-0.15, -0.1) is 0 Å². The molecule has 1 aromatic heterocycles. The molecule has 0 saturated heterocycles. The Bertz CT molecular complexity index is 380. The largest absolute Gasteiger partial charge is 0.390 e. The third-order valence-electron chi connectivity index (χ3n) is 3.06. The summed E-state index contributed by atoms with van der Waals surface area (Å²) in [5, 5.41) is 2.90. The van der Waals surface area contributed by atoms with Crippen molar-refractivity contribution in [3.05, 3.63) is 23.0 Å². The lowest BCUT2D eigenvalue weighted by Gasteiger charge is -2.15. The standard InChI is InChI=1S/C12H19F3N2/c1-8(6-12(13,14)15)16-7-11-5-9(2)17(4)10(11)3/h5,8,16H,6-7H2,1-4H3. The number of halogens is 3. The second kappa shape index (κ2) is 5.12. The molecule has 1 aromatic rings. The van der Waals surface area contributed by atoms with Crippen LogP contribution in [0, 0.1) is 13.8 Å². The van der Waals surface area contributed by atoms with E-state index in [1.165, 1.54) is 0 Å². The molecule has 0 aliphatic rings. The Hall–Kier alpha value is -0.970. The minimum atomic E-state index is -4.10. The molecular weight excluding hydrogens is 229 g/mol. The van der Waals surface area contributed by atoms with Crippen LogP contribution in [0.1, 0.15) is 30.3 Å². The first kappa shape index (κ1) is 14.1. The zero-order valence-electron chi connectivity index (χ0n) is 10.7. The van der Waals surface area contributed by atoms with Crippen LogP contribution in [-0.4, -0.2) is 16.8 Å². The number of nitrogens with one attached hydrogen (secondary N) is 1. The van der Waals surface area contributed by atoms with Gasteiger partial charge in [0.25, 0.3) is 0 Å². The summed E-state index contributed by atoms with van der Waals surface area (Å²) in [6.07, 6.45) is -4.90. The first-order valence-corrected chi connectivity index (χ1v) is 5.62. The van der Waals surface area contributed by atoms with E-state index in [0.29, 0.717) is 6.54 Å². The van der Waals surface area contributed by atoms with Crippen LogP contribution in [0.25, 0.3) is 0 Å². The minimum Gasteiger partial charge on any atom is -0.352 e. The van der Waals surface area contributed by atoms with Crippen LogP contribution in [0.3, 0.4) is 0 Å². The molecule has 0 fully saturated rings. The van der Waals surface area contributed by atoms with E-state index in [1.54, 1.807) is 6.92 Å². The average molecular weight is 248 g/mol. The summed E-state index contributed by atoms with van der Waals surface area (Å²) in [6, 6.07) is 1.44. The van der Waals surface area contributed by atoms with Crippen molar-refractivity contribution in [2.24, 2.45) is 7.05 Å². The summed E-state index contributed by atoms with van der Waals surface area (Å²) in [6.45, 7) is 5.98. The Morgan fingerprint density at radius 3 is 2.35 bits per heavy atom. The predicted molar refractivity (Wildman–Crippen MR) is 61.9 cm³/mol. The predicted octanol–water partition coefficient (Wildman–Crippen LogP) is 3.07. The Morgan fingerprint density at radius 1 is 1.35 bits per heavy atom. The summed E-state index contributed by atoms with van der Waals surface area (Å²) >= 11 is 0. The second-order valence-corrected chi connectivity index (χ2v) is 4.56. The lowest BCUT2D eigenvalue weighted by molar-refractivity contribution is -0.139. The van der Waals surface area contributed by atoms with Gasteiger partial charge in [-0.05, 0) is 32.4 Å². The number of nitrogens with zero attached hydrogens (tertiary/aromatic N) is 1. The van der Waals surface area contributed by atoms with Crippen LogP contribution in [0.2, 0.25) is 0 Å². The molecule has 0 aliphatic carbocycles. The van der Waals surface area contributed by atoms with Crippen LogP contribution in [0.4, 0.5) is 13.2 Å². The van der Waals surface area contributed by atoms with E-state index in [1.807, 2.05) is 31.5 Å². The molecule has 0 amide bonds. The number of aryl methyl sites for hydroxylation is 1. The Kier molecular flexibility index (Phi) is 4.25. The van der Waals surface area contributed by atoms with Crippen LogP contribution < -0.4 is 5.32 Å². The highest BCUT2D eigenvalue weighted by molar-refractivity contribution is 5.26. The van der Waals surface area contributed by atoms with E-state index in [-0.39, 0.29) is 0 Å². The van der Waals surface area contributed by atoms with Crippen molar-refractivity contribution in [3.63, 3.8) is 0 Å². The fourth-order valence-corrected chi connectivity index (χ4v) is 1.82. The van der Waals surface area contributed by atoms with E-state index in [9.17, 15) is 13.2 Å². The lowest BCUT2D eigenvalue weighted by atomic mass is 10.2. The van der Waals surface area contributed by atoms with Gasteiger partial charge in [0.15, 0.2) is 0 Å². The van der Waals surface area contributed by atoms with Crippen molar-refractivity contribution in [1.29, 1.82) is 0 Å². The van der Waals surface area contributed by atoms with E-state index in [0.717, 1.165) is 17.0 Å². The molecule has 98 valence electrons. The molecule has 2 nitrogen and oxygen atoms in total. The normalized spacial score (nSPS) is 14.1. The van der Waals surface area contributed by atoms with Gasteiger partial charge in [0, 0.05) is 31.0 Å². The quantitative estimate of drug-likeness (QED) is 0.866. The molecular formula is C12H19F3N2. The fourth-order valence-electron chi connectivity index (χ4n) is 1.82. The van der Waals surface area contributed by atoms with Crippen LogP contribution in [0.15, 0.2) is 6.07 Å². The molecule has 5 heteroatoms. The molecule has 0 saturated carbocycles. The smallest absolute Gasteiger partial charge is 0.352 e. The third-order valence-corrected chi connectivity index (χ3v) is 3.06. The number of hydrogen-bond acceptors (Lipinski definition) is 1. The van der Waals surface area contributed by atoms with Gasteiger partial charge in [-0.2, -0.15) is 13.2 Å². The summed E-state index contributed by atoms with van der Waals surface area (Å²) < 4.78 is 38.4. The summed E-state index contributed by atoms with van der Waals surface area (Å²) in [5.74, 6) is 0. The van der Waals surface area contributed by atoms with Gasteiger partial charge in [0.05, 0.1) is 6.42 Å². The molecule has 0 aromatic carbocycles. The first-order chi connectivity index (χ1) is 7.70. The lowest BCUT2D eigenvalue weighted by Crippen LogP contribution is -2.30. The zero-order valence-corrected chi connectivity index (χ0v) is 10.7. The number of alkyl halides is 3. The monoisotopic (exact) mass is 248 g/mol. The fraction of sp³-hybridized carbons (Fsp3) is 0.667. The summed E-state index contributed by atoms with van der Waals surface area (Å²) in [4.78, 5) is 0. The molecule has 0 radical (unpaired) electrons. The molecule has 1 unspecified atom stereocenters. The molecule has 0 aliphatic heterocycles. The first-order valence-electron chi connectivity index (χ1n) is 5.62. The third kappa shape index (κ3) is 4.07. The van der Waals surface area contributed by atoms with Crippen molar-refractivity contribution >= 4 is 0 Å². The van der Waals surface area contributed by atoms with Crippen molar-refractivity contribution in [2.75, 3.05) is 0 Å². The molecule has 1 heterocycles. The van der Waals surface area contributed by atoms with Crippen LogP contribution >= 0.6 is 0 Å². The zero-order chi connectivity index (χ0) is 13.2. The van der Waals surface area contributed by atoms with Crippen LogP contribution in [-0.2, 0) is 13.6 Å². The number of hydrogen-bond donors (Lipinski definition) is 1. The van der Waals surface area contributed by atoms with Gasteiger partial charge in [-0.1, -0.05) is 0 Å². The van der Waals surface area contributed by atoms with E-state index >= 15 is 0 Å². The Labute approximate surface area is 99.8 Å².